The molecule has 0 saturated heterocycles. The van der Waals surface area contributed by atoms with Crippen LogP contribution in [0.3, 0.4) is 0 Å². The zero-order chi connectivity index (χ0) is 9.42. The fraction of sp³-hybridized carbons (Fsp3) is 0.111. The maximum Gasteiger partial charge on any atom is 0.0696 e. The van der Waals surface area contributed by atoms with E-state index < -0.39 is 0 Å². The first kappa shape index (κ1) is 9.89. The van der Waals surface area contributed by atoms with Crippen molar-refractivity contribution in [2.24, 2.45) is 0 Å². The van der Waals surface area contributed by atoms with E-state index in [9.17, 15) is 0 Å². The van der Waals surface area contributed by atoms with Crippen LogP contribution in [0.2, 0.25) is 0 Å². The van der Waals surface area contributed by atoms with Gasteiger partial charge in [0, 0.05) is 18.1 Å². The zero-order valence-corrected chi connectivity index (χ0v) is 11.1. The van der Waals surface area contributed by atoms with Gasteiger partial charge in [-0.3, -0.25) is 0 Å². The molecule has 13 heavy (non-hydrogen) atoms. The van der Waals surface area contributed by atoms with Gasteiger partial charge in [0.2, 0.25) is 0 Å². The average molecular weight is 369 g/mol. The Kier molecular flexibility index (Phi) is 2.92. The second-order valence-electron chi connectivity index (χ2n) is 2.68. The highest BCUT2D eigenvalue weighted by Gasteiger charge is 2.06. The number of thiophene rings is 1. The highest BCUT2D eigenvalue weighted by molar-refractivity contribution is 14.1. The third kappa shape index (κ3) is 1.77. The van der Waals surface area contributed by atoms with Crippen molar-refractivity contribution in [2.45, 2.75) is 6.61 Å². The molecule has 0 bridgehead atoms. The third-order valence-corrected chi connectivity index (χ3v) is 4.43. The maximum atomic E-state index is 9.10. The molecular formula is C9H6BrIOS. The van der Waals surface area contributed by atoms with Crippen LogP contribution in [0, 0.1) is 3.57 Å². The van der Waals surface area contributed by atoms with Crippen molar-refractivity contribution in [3.8, 4) is 0 Å². The molecule has 1 heterocycles. The van der Waals surface area contributed by atoms with Crippen LogP contribution in [0.4, 0.5) is 0 Å². The van der Waals surface area contributed by atoms with E-state index in [4.69, 9.17) is 5.11 Å². The fourth-order valence-corrected chi connectivity index (χ4v) is 3.98. The molecule has 1 nitrogen and oxygen atoms in total. The highest BCUT2D eigenvalue weighted by Crippen LogP contribution is 2.33. The van der Waals surface area contributed by atoms with E-state index in [0.717, 1.165) is 15.4 Å². The standard InChI is InChI=1S/C9H6BrIOS/c10-8-2-6(11)1-7-5(3-12)4-13-9(7)8/h1-2,4,12H,3H2. The summed E-state index contributed by atoms with van der Waals surface area (Å²) in [6, 6.07) is 4.18. The summed E-state index contributed by atoms with van der Waals surface area (Å²) in [6.07, 6.45) is 0. The Hall–Kier alpha value is 0.350. The van der Waals surface area contributed by atoms with Crippen molar-refractivity contribution in [1.82, 2.24) is 0 Å². The summed E-state index contributed by atoms with van der Waals surface area (Å²) in [7, 11) is 0. The zero-order valence-electron chi connectivity index (χ0n) is 6.55. The first-order valence-electron chi connectivity index (χ1n) is 3.68. The predicted octanol–water partition coefficient (Wildman–Crippen LogP) is 3.76. The van der Waals surface area contributed by atoms with Crippen LogP contribution in [0.15, 0.2) is 22.0 Å². The Bertz CT molecular complexity index is 452. The van der Waals surface area contributed by atoms with E-state index in [1.807, 2.05) is 5.38 Å². The Balaban J connectivity index is 2.82. The SMILES string of the molecule is OCc1csc2c(Br)cc(I)cc12. The van der Waals surface area contributed by atoms with Gasteiger partial charge in [0.15, 0.2) is 0 Å². The van der Waals surface area contributed by atoms with Gasteiger partial charge in [-0.15, -0.1) is 11.3 Å². The number of hydrogen-bond donors (Lipinski definition) is 1. The third-order valence-electron chi connectivity index (χ3n) is 1.84. The van der Waals surface area contributed by atoms with E-state index in [0.29, 0.717) is 0 Å². The Morgan fingerprint density at radius 3 is 2.92 bits per heavy atom. The lowest BCUT2D eigenvalue weighted by Crippen LogP contribution is -1.80. The Morgan fingerprint density at radius 1 is 1.46 bits per heavy atom. The average Bonchev–Trinajstić information content (AvgIpc) is 2.47. The van der Waals surface area contributed by atoms with Gasteiger partial charge in [0.05, 0.1) is 6.61 Å². The highest BCUT2D eigenvalue weighted by atomic mass is 127. The van der Waals surface area contributed by atoms with E-state index in [1.165, 1.54) is 8.27 Å². The van der Waals surface area contributed by atoms with Crippen molar-refractivity contribution >= 4 is 59.9 Å². The summed E-state index contributed by atoms with van der Waals surface area (Å²) < 4.78 is 3.51. The molecule has 2 aromatic rings. The molecule has 1 N–H and O–H groups in total. The van der Waals surface area contributed by atoms with Gasteiger partial charge in [-0.1, -0.05) is 0 Å². The minimum atomic E-state index is 0.118. The molecule has 1 aromatic heterocycles. The Labute approximate surface area is 102 Å². The molecule has 0 aliphatic carbocycles. The smallest absolute Gasteiger partial charge is 0.0696 e. The first-order chi connectivity index (χ1) is 6.22. The van der Waals surface area contributed by atoms with Crippen LogP contribution >= 0.6 is 49.9 Å². The molecule has 1 aromatic carbocycles. The molecule has 2 rings (SSSR count). The number of rotatable bonds is 1. The van der Waals surface area contributed by atoms with Crippen LogP contribution in [0.5, 0.6) is 0 Å². The second-order valence-corrected chi connectivity index (χ2v) is 5.66. The monoisotopic (exact) mass is 368 g/mol. The van der Waals surface area contributed by atoms with Crippen molar-refractivity contribution in [3.05, 3.63) is 31.1 Å². The van der Waals surface area contributed by atoms with Gasteiger partial charge in [-0.2, -0.15) is 0 Å². The molecule has 0 saturated carbocycles. The van der Waals surface area contributed by atoms with Gasteiger partial charge in [-0.25, -0.2) is 0 Å². The molecule has 0 amide bonds. The summed E-state index contributed by atoms with van der Waals surface area (Å²) in [6.45, 7) is 0.118. The topological polar surface area (TPSA) is 20.2 Å². The molecule has 0 spiro atoms. The van der Waals surface area contributed by atoms with Crippen molar-refractivity contribution in [1.29, 1.82) is 0 Å². The Morgan fingerprint density at radius 2 is 2.23 bits per heavy atom. The normalized spacial score (nSPS) is 11.0. The van der Waals surface area contributed by atoms with E-state index >= 15 is 0 Å². The number of fused-ring (bicyclic) bond motifs is 1. The number of benzene rings is 1. The van der Waals surface area contributed by atoms with Gasteiger partial charge in [0.1, 0.15) is 0 Å². The van der Waals surface area contributed by atoms with Gasteiger partial charge < -0.3 is 5.11 Å². The van der Waals surface area contributed by atoms with Gasteiger partial charge >= 0.3 is 0 Å². The number of halogens is 2. The van der Waals surface area contributed by atoms with Crippen LogP contribution < -0.4 is 0 Å². The van der Waals surface area contributed by atoms with Crippen LogP contribution in [-0.4, -0.2) is 5.11 Å². The molecule has 0 aliphatic heterocycles. The first-order valence-corrected chi connectivity index (χ1v) is 6.43. The van der Waals surface area contributed by atoms with E-state index in [-0.39, 0.29) is 6.61 Å². The molecule has 0 aliphatic rings. The van der Waals surface area contributed by atoms with Crippen molar-refractivity contribution in [2.75, 3.05) is 0 Å². The number of aliphatic hydroxyl groups is 1. The number of hydrogen-bond acceptors (Lipinski definition) is 2. The summed E-state index contributed by atoms with van der Waals surface area (Å²) in [5, 5.41) is 12.3. The summed E-state index contributed by atoms with van der Waals surface area (Å²) in [5.74, 6) is 0. The molecule has 4 heteroatoms. The lowest BCUT2D eigenvalue weighted by Gasteiger charge is -1.97. The minimum absolute atomic E-state index is 0.118. The molecule has 0 radical (unpaired) electrons. The maximum absolute atomic E-state index is 9.10. The van der Waals surface area contributed by atoms with E-state index in [1.54, 1.807) is 11.3 Å². The van der Waals surface area contributed by atoms with Gasteiger partial charge in [0.25, 0.3) is 0 Å². The summed E-state index contributed by atoms with van der Waals surface area (Å²) >= 11 is 7.45. The lowest BCUT2D eigenvalue weighted by atomic mass is 10.2. The predicted molar refractivity (Wildman–Crippen MR) is 68.2 cm³/mol. The largest absolute Gasteiger partial charge is 0.392 e. The molecule has 68 valence electrons. The second kappa shape index (κ2) is 3.84. The van der Waals surface area contributed by atoms with Crippen LogP contribution in [0.25, 0.3) is 10.1 Å². The van der Waals surface area contributed by atoms with E-state index in [2.05, 4.69) is 50.7 Å². The summed E-state index contributed by atoms with van der Waals surface area (Å²) in [4.78, 5) is 0. The van der Waals surface area contributed by atoms with Crippen LogP contribution in [0.1, 0.15) is 5.56 Å². The molecule has 0 unspecified atom stereocenters. The quantitative estimate of drug-likeness (QED) is 0.760. The van der Waals surface area contributed by atoms with Gasteiger partial charge in [-0.05, 0) is 61.6 Å². The minimum Gasteiger partial charge on any atom is -0.392 e. The molecular weight excluding hydrogens is 363 g/mol. The van der Waals surface area contributed by atoms with Crippen molar-refractivity contribution in [3.63, 3.8) is 0 Å². The lowest BCUT2D eigenvalue weighted by molar-refractivity contribution is 0.284. The molecule has 0 atom stereocenters. The van der Waals surface area contributed by atoms with Crippen molar-refractivity contribution < 1.29 is 5.11 Å². The fourth-order valence-electron chi connectivity index (χ4n) is 1.23. The number of aliphatic hydroxyl groups excluding tert-OH is 1. The molecule has 0 fully saturated rings. The summed E-state index contributed by atoms with van der Waals surface area (Å²) in [5.41, 5.74) is 1.01. The van der Waals surface area contributed by atoms with Crippen LogP contribution in [-0.2, 0) is 6.61 Å².